The third-order valence-corrected chi connectivity index (χ3v) is 4.89. The van der Waals surface area contributed by atoms with E-state index in [0.29, 0.717) is 6.61 Å². The summed E-state index contributed by atoms with van der Waals surface area (Å²) in [7, 11) is 3.48. The number of thioether (sulfide) groups is 1. The predicted molar refractivity (Wildman–Crippen MR) is 111 cm³/mol. The predicted octanol–water partition coefficient (Wildman–Crippen LogP) is 3.75. The Hall–Kier alpha value is 0.01000. The summed E-state index contributed by atoms with van der Waals surface area (Å²) in [6.07, 6.45) is 2.30. The Balaban J connectivity index is 0.00000441. The van der Waals surface area contributed by atoms with E-state index in [0.717, 1.165) is 31.2 Å². The van der Waals surface area contributed by atoms with Crippen molar-refractivity contribution in [2.45, 2.75) is 17.7 Å². The molecule has 1 rings (SSSR count). The number of ether oxygens (including phenoxy) is 1. The molecule has 22 heavy (non-hydrogen) atoms. The van der Waals surface area contributed by atoms with Gasteiger partial charge in [0.05, 0.1) is 6.61 Å². The van der Waals surface area contributed by atoms with E-state index in [4.69, 9.17) is 4.74 Å². The molecule has 0 amide bonds. The summed E-state index contributed by atoms with van der Waals surface area (Å²) in [4.78, 5) is 5.47. The lowest BCUT2D eigenvalue weighted by Crippen LogP contribution is -2.39. The second-order valence-corrected chi connectivity index (χ2v) is 6.40. The van der Waals surface area contributed by atoms with Crippen LogP contribution in [0, 0.1) is 0 Å². The lowest BCUT2D eigenvalue weighted by Gasteiger charge is -2.11. The average molecular weight is 502 g/mol. The molecule has 0 saturated carbocycles. The van der Waals surface area contributed by atoms with Crippen LogP contribution in [-0.2, 0) is 4.74 Å². The Labute approximate surface area is 163 Å². The van der Waals surface area contributed by atoms with Gasteiger partial charge in [0.15, 0.2) is 5.96 Å². The number of unbranched alkanes of at least 4 members (excludes halogenated alkanes) is 1. The first-order valence-electron chi connectivity index (χ1n) is 7.08. The molecule has 7 heteroatoms. The van der Waals surface area contributed by atoms with Crippen LogP contribution < -0.4 is 10.6 Å². The van der Waals surface area contributed by atoms with Crippen molar-refractivity contribution in [3.63, 3.8) is 0 Å². The molecule has 0 aliphatic rings. The number of rotatable bonds is 9. The minimum Gasteiger partial charge on any atom is -0.383 e. The summed E-state index contributed by atoms with van der Waals surface area (Å²) in [6, 6.07) is 8.35. The van der Waals surface area contributed by atoms with Gasteiger partial charge in [0.2, 0.25) is 0 Å². The van der Waals surface area contributed by atoms with Crippen LogP contribution >= 0.6 is 51.7 Å². The fraction of sp³-hybridized carbons (Fsp3) is 0.533. The van der Waals surface area contributed by atoms with Crippen molar-refractivity contribution in [1.29, 1.82) is 0 Å². The maximum atomic E-state index is 4.99. The van der Waals surface area contributed by atoms with Crippen LogP contribution in [0.4, 0.5) is 0 Å². The summed E-state index contributed by atoms with van der Waals surface area (Å²) in [5, 5.41) is 6.50. The highest BCUT2D eigenvalue weighted by molar-refractivity contribution is 14.0. The zero-order chi connectivity index (χ0) is 15.3. The maximum absolute atomic E-state index is 4.99. The molecule has 0 radical (unpaired) electrons. The number of methoxy groups -OCH3 is 1. The first kappa shape index (κ1) is 22.0. The number of hydrogen-bond donors (Lipinski definition) is 2. The fourth-order valence-corrected chi connectivity index (χ4v) is 3.25. The molecule has 0 aliphatic heterocycles. The van der Waals surface area contributed by atoms with Crippen molar-refractivity contribution in [2.24, 2.45) is 4.99 Å². The number of nitrogens with zero attached hydrogens (tertiary/aromatic N) is 1. The van der Waals surface area contributed by atoms with Gasteiger partial charge in [0.25, 0.3) is 0 Å². The summed E-state index contributed by atoms with van der Waals surface area (Å²) < 4.78 is 6.17. The minimum absolute atomic E-state index is 0. The summed E-state index contributed by atoms with van der Waals surface area (Å²) in [5.41, 5.74) is 0. The third-order valence-electron chi connectivity index (χ3n) is 2.78. The molecular weight excluding hydrogens is 477 g/mol. The van der Waals surface area contributed by atoms with Crippen LogP contribution in [0.25, 0.3) is 0 Å². The quantitative estimate of drug-likeness (QED) is 0.178. The first-order chi connectivity index (χ1) is 10.3. The number of aliphatic imine (C=N–C) groups is 1. The molecule has 2 N–H and O–H groups in total. The van der Waals surface area contributed by atoms with Crippen LogP contribution in [0.15, 0.2) is 38.6 Å². The topological polar surface area (TPSA) is 45.7 Å². The fourth-order valence-electron chi connectivity index (χ4n) is 1.67. The van der Waals surface area contributed by atoms with Gasteiger partial charge >= 0.3 is 0 Å². The van der Waals surface area contributed by atoms with Crippen LogP contribution in [0.3, 0.4) is 0 Å². The molecule has 0 heterocycles. The van der Waals surface area contributed by atoms with Gasteiger partial charge < -0.3 is 15.4 Å². The Kier molecular flexibility index (Phi) is 14.6. The van der Waals surface area contributed by atoms with E-state index in [1.54, 1.807) is 14.2 Å². The summed E-state index contributed by atoms with van der Waals surface area (Å²) in [6.45, 7) is 2.39. The van der Waals surface area contributed by atoms with E-state index in [-0.39, 0.29) is 24.0 Å². The van der Waals surface area contributed by atoms with Crippen LogP contribution in [0.5, 0.6) is 0 Å². The molecule has 0 bridgehead atoms. The molecule has 1 aromatic carbocycles. The van der Waals surface area contributed by atoms with Crippen LogP contribution in [-0.4, -0.2) is 45.6 Å². The highest BCUT2D eigenvalue weighted by Crippen LogP contribution is 2.27. The molecule has 0 aliphatic carbocycles. The highest BCUT2D eigenvalue weighted by atomic mass is 127. The minimum atomic E-state index is 0. The van der Waals surface area contributed by atoms with Gasteiger partial charge in [-0.2, -0.15) is 0 Å². The molecule has 4 nitrogen and oxygen atoms in total. The smallest absolute Gasteiger partial charge is 0.191 e. The van der Waals surface area contributed by atoms with Crippen molar-refractivity contribution in [3.8, 4) is 0 Å². The van der Waals surface area contributed by atoms with E-state index < -0.39 is 0 Å². The number of benzene rings is 1. The number of guanidine groups is 1. The molecule has 0 aromatic heterocycles. The normalized spacial score (nSPS) is 11.0. The van der Waals surface area contributed by atoms with E-state index in [1.165, 1.54) is 15.8 Å². The molecule has 0 spiro atoms. The Morgan fingerprint density at radius 2 is 1.95 bits per heavy atom. The molecule has 126 valence electrons. The van der Waals surface area contributed by atoms with Gasteiger partial charge in [-0.05, 0) is 46.7 Å². The van der Waals surface area contributed by atoms with Gasteiger partial charge in [0, 0.05) is 36.6 Å². The summed E-state index contributed by atoms with van der Waals surface area (Å²) in [5.74, 6) is 1.96. The van der Waals surface area contributed by atoms with Gasteiger partial charge in [0.1, 0.15) is 0 Å². The Morgan fingerprint density at radius 1 is 1.23 bits per heavy atom. The third kappa shape index (κ3) is 9.91. The molecule has 0 saturated heterocycles. The van der Waals surface area contributed by atoms with Gasteiger partial charge in [-0.3, -0.25) is 4.99 Å². The Morgan fingerprint density at radius 3 is 2.64 bits per heavy atom. The monoisotopic (exact) mass is 501 g/mol. The zero-order valence-electron chi connectivity index (χ0n) is 13.1. The zero-order valence-corrected chi connectivity index (χ0v) is 17.8. The first-order valence-corrected chi connectivity index (χ1v) is 8.86. The number of halogens is 2. The molecule has 0 atom stereocenters. The van der Waals surface area contributed by atoms with Gasteiger partial charge in [-0.25, -0.2) is 0 Å². The van der Waals surface area contributed by atoms with Crippen LogP contribution in [0.2, 0.25) is 0 Å². The highest BCUT2D eigenvalue weighted by Gasteiger charge is 1.99. The largest absolute Gasteiger partial charge is 0.383 e. The van der Waals surface area contributed by atoms with Gasteiger partial charge in [-0.1, -0.05) is 12.1 Å². The number of hydrogen-bond acceptors (Lipinski definition) is 3. The van der Waals surface area contributed by atoms with E-state index in [2.05, 4.69) is 49.8 Å². The summed E-state index contributed by atoms with van der Waals surface area (Å²) >= 11 is 5.46. The lowest BCUT2D eigenvalue weighted by atomic mass is 10.3. The van der Waals surface area contributed by atoms with Crippen molar-refractivity contribution in [3.05, 3.63) is 28.7 Å². The van der Waals surface area contributed by atoms with E-state index in [9.17, 15) is 0 Å². The Bertz CT molecular complexity index is 435. The standard InChI is InChI=1S/C15H24BrN3OS.HI/c1-17-15(19-10-11-20-2)18-9-5-6-12-21-14-8-4-3-7-13(14)16;/h3-4,7-8H,5-6,9-12H2,1-2H3,(H2,17,18,19);1H. The molecule has 1 aromatic rings. The van der Waals surface area contributed by atoms with Crippen molar-refractivity contribution in [1.82, 2.24) is 10.6 Å². The second kappa shape index (κ2) is 14.6. The van der Waals surface area contributed by atoms with E-state index >= 15 is 0 Å². The SMILES string of the molecule is CN=C(NCCCCSc1ccccc1Br)NCCOC.I. The van der Waals surface area contributed by atoms with Crippen molar-refractivity contribution >= 4 is 57.6 Å². The lowest BCUT2D eigenvalue weighted by molar-refractivity contribution is 0.203. The van der Waals surface area contributed by atoms with Crippen molar-refractivity contribution in [2.75, 3.05) is 39.6 Å². The van der Waals surface area contributed by atoms with Crippen molar-refractivity contribution < 1.29 is 4.74 Å². The molecular formula is C15H25BrIN3OS. The van der Waals surface area contributed by atoms with Crippen LogP contribution in [0.1, 0.15) is 12.8 Å². The molecule has 0 unspecified atom stereocenters. The maximum Gasteiger partial charge on any atom is 0.191 e. The molecule has 0 fully saturated rings. The van der Waals surface area contributed by atoms with E-state index in [1.807, 2.05) is 17.8 Å². The average Bonchev–Trinajstić information content (AvgIpc) is 2.50. The second-order valence-electron chi connectivity index (χ2n) is 4.40. The van der Waals surface area contributed by atoms with Gasteiger partial charge in [-0.15, -0.1) is 35.7 Å². The number of nitrogens with one attached hydrogen (secondary N) is 2.